The molecule has 0 spiro atoms. The molecule has 23 heavy (non-hydrogen) atoms. The molecular formula is C14H16N4O5. The Kier molecular flexibility index (Phi) is 4.89. The van der Waals surface area contributed by atoms with Crippen molar-refractivity contribution >= 4 is 23.4 Å². The Hall–Kier alpha value is -2.97. The molecule has 1 aliphatic rings. The summed E-state index contributed by atoms with van der Waals surface area (Å²) in [6.45, 7) is 0. The van der Waals surface area contributed by atoms with Crippen LogP contribution in [0.15, 0.2) is 24.3 Å². The summed E-state index contributed by atoms with van der Waals surface area (Å²) in [6.07, 6.45) is 0.476. The van der Waals surface area contributed by atoms with Crippen molar-refractivity contribution in [2.75, 3.05) is 0 Å². The molecule has 3 amide bonds. The van der Waals surface area contributed by atoms with E-state index in [4.69, 9.17) is 5.73 Å². The molecule has 9 heteroatoms. The number of nitro benzene ring substituents is 1. The van der Waals surface area contributed by atoms with Gasteiger partial charge in [-0.3, -0.25) is 24.5 Å². The first-order valence-corrected chi connectivity index (χ1v) is 7.00. The van der Waals surface area contributed by atoms with Crippen LogP contribution in [0.25, 0.3) is 0 Å². The fraction of sp³-hybridized carbons (Fsp3) is 0.357. The first-order valence-electron chi connectivity index (χ1n) is 7.00. The van der Waals surface area contributed by atoms with E-state index in [1.165, 1.54) is 18.2 Å². The maximum atomic E-state index is 12.0. The van der Waals surface area contributed by atoms with E-state index < -0.39 is 28.8 Å². The molecule has 2 atom stereocenters. The molecule has 122 valence electrons. The predicted molar refractivity (Wildman–Crippen MR) is 79.1 cm³/mol. The van der Waals surface area contributed by atoms with Crippen LogP contribution < -0.4 is 16.4 Å². The highest BCUT2D eigenvalue weighted by Gasteiger charge is 2.30. The number of rotatable bonds is 6. The quantitative estimate of drug-likeness (QED) is 0.473. The van der Waals surface area contributed by atoms with Crippen molar-refractivity contribution in [3.8, 4) is 0 Å². The summed E-state index contributed by atoms with van der Waals surface area (Å²) in [6, 6.07) is 4.10. The van der Waals surface area contributed by atoms with Crippen LogP contribution in [0.4, 0.5) is 5.69 Å². The SMILES string of the molecule is NC(=O)[C@@H](Cc1ccccc1[N+](=O)[O-])NC(=O)[C@@H]1CCC(=O)N1. The van der Waals surface area contributed by atoms with Crippen LogP contribution in [-0.2, 0) is 20.8 Å². The Morgan fingerprint density at radius 3 is 2.70 bits per heavy atom. The number of amides is 3. The minimum atomic E-state index is -1.10. The maximum absolute atomic E-state index is 12.0. The van der Waals surface area contributed by atoms with Crippen molar-refractivity contribution in [2.24, 2.45) is 5.73 Å². The van der Waals surface area contributed by atoms with Gasteiger partial charge in [-0.1, -0.05) is 18.2 Å². The average molecular weight is 320 g/mol. The molecule has 9 nitrogen and oxygen atoms in total. The maximum Gasteiger partial charge on any atom is 0.272 e. The van der Waals surface area contributed by atoms with Gasteiger partial charge in [-0.2, -0.15) is 0 Å². The largest absolute Gasteiger partial charge is 0.368 e. The van der Waals surface area contributed by atoms with Gasteiger partial charge >= 0.3 is 0 Å². The fourth-order valence-electron chi connectivity index (χ4n) is 2.39. The third-order valence-electron chi connectivity index (χ3n) is 3.58. The number of carbonyl (C=O) groups excluding carboxylic acids is 3. The van der Waals surface area contributed by atoms with E-state index in [1.807, 2.05) is 0 Å². The molecule has 1 aliphatic heterocycles. The van der Waals surface area contributed by atoms with E-state index in [-0.39, 0.29) is 30.0 Å². The first kappa shape index (κ1) is 16.4. The molecule has 0 aliphatic carbocycles. The van der Waals surface area contributed by atoms with E-state index in [2.05, 4.69) is 10.6 Å². The lowest BCUT2D eigenvalue weighted by molar-refractivity contribution is -0.385. The van der Waals surface area contributed by atoms with E-state index in [0.717, 1.165) is 0 Å². The van der Waals surface area contributed by atoms with Gasteiger partial charge in [0.2, 0.25) is 17.7 Å². The summed E-state index contributed by atoms with van der Waals surface area (Å²) in [4.78, 5) is 45.2. The standard InChI is InChI=1S/C14H16N4O5/c15-13(20)10(17-14(21)9-5-6-12(19)16-9)7-8-3-1-2-4-11(8)18(22)23/h1-4,9-10H,5-7H2,(H2,15,20)(H,16,19)(H,17,21)/t9-,10+/m0/s1. The minimum absolute atomic E-state index is 0.0983. The Morgan fingerprint density at radius 1 is 1.43 bits per heavy atom. The van der Waals surface area contributed by atoms with Crippen LogP contribution in [0.5, 0.6) is 0 Å². The van der Waals surface area contributed by atoms with Gasteiger partial charge in [0.1, 0.15) is 12.1 Å². The summed E-state index contributed by atoms with van der Waals surface area (Å²) < 4.78 is 0. The van der Waals surface area contributed by atoms with Gasteiger partial charge in [-0.05, 0) is 6.42 Å². The molecule has 0 radical (unpaired) electrons. The van der Waals surface area contributed by atoms with Crippen LogP contribution in [0.2, 0.25) is 0 Å². The lowest BCUT2D eigenvalue weighted by Crippen LogP contribution is -2.51. The number of nitrogens with one attached hydrogen (secondary N) is 2. The third-order valence-corrected chi connectivity index (χ3v) is 3.58. The number of nitrogens with zero attached hydrogens (tertiary/aromatic N) is 1. The number of carbonyl (C=O) groups is 3. The topological polar surface area (TPSA) is 144 Å². The smallest absolute Gasteiger partial charge is 0.272 e. The second-order valence-corrected chi connectivity index (χ2v) is 5.21. The highest BCUT2D eigenvalue weighted by molar-refractivity contribution is 5.93. The second-order valence-electron chi connectivity index (χ2n) is 5.21. The van der Waals surface area contributed by atoms with E-state index in [1.54, 1.807) is 6.07 Å². The molecule has 0 saturated carbocycles. The number of primary amides is 1. The molecule has 1 aromatic carbocycles. The highest BCUT2D eigenvalue weighted by atomic mass is 16.6. The van der Waals surface area contributed by atoms with Crippen molar-refractivity contribution in [1.29, 1.82) is 0 Å². The van der Waals surface area contributed by atoms with Gasteiger partial charge in [-0.15, -0.1) is 0 Å². The Labute approximate surface area is 131 Å². The van der Waals surface area contributed by atoms with Crippen molar-refractivity contribution < 1.29 is 19.3 Å². The zero-order valence-corrected chi connectivity index (χ0v) is 12.2. The highest BCUT2D eigenvalue weighted by Crippen LogP contribution is 2.19. The van der Waals surface area contributed by atoms with E-state index in [9.17, 15) is 24.5 Å². The molecule has 0 unspecified atom stereocenters. The number of nitrogens with two attached hydrogens (primary N) is 1. The van der Waals surface area contributed by atoms with Crippen molar-refractivity contribution in [2.45, 2.75) is 31.3 Å². The van der Waals surface area contributed by atoms with Crippen LogP contribution in [0.3, 0.4) is 0 Å². The number of hydrogen-bond acceptors (Lipinski definition) is 5. The lowest BCUT2D eigenvalue weighted by atomic mass is 10.0. The minimum Gasteiger partial charge on any atom is -0.368 e. The van der Waals surface area contributed by atoms with Gasteiger partial charge in [0, 0.05) is 24.5 Å². The van der Waals surface area contributed by atoms with Gasteiger partial charge < -0.3 is 16.4 Å². The van der Waals surface area contributed by atoms with Crippen molar-refractivity contribution in [1.82, 2.24) is 10.6 Å². The number of nitro groups is 1. The molecule has 1 aromatic rings. The molecule has 1 fully saturated rings. The predicted octanol–water partition coefficient (Wildman–Crippen LogP) is -0.614. The van der Waals surface area contributed by atoms with E-state index >= 15 is 0 Å². The Bertz CT molecular complexity index is 660. The van der Waals surface area contributed by atoms with Crippen molar-refractivity contribution in [3.63, 3.8) is 0 Å². The molecule has 0 aromatic heterocycles. The third kappa shape index (κ3) is 4.02. The van der Waals surface area contributed by atoms with Crippen LogP contribution in [-0.4, -0.2) is 34.7 Å². The molecule has 1 heterocycles. The number of hydrogen-bond donors (Lipinski definition) is 3. The van der Waals surface area contributed by atoms with Gasteiger partial charge in [-0.25, -0.2) is 0 Å². The van der Waals surface area contributed by atoms with Gasteiger partial charge in [0.05, 0.1) is 4.92 Å². The summed E-state index contributed by atoms with van der Waals surface area (Å²) in [5.41, 5.74) is 5.41. The van der Waals surface area contributed by atoms with Crippen LogP contribution in [0.1, 0.15) is 18.4 Å². The zero-order valence-electron chi connectivity index (χ0n) is 12.2. The van der Waals surface area contributed by atoms with Gasteiger partial charge in [0.25, 0.3) is 5.69 Å². The van der Waals surface area contributed by atoms with Gasteiger partial charge in [0.15, 0.2) is 0 Å². The summed E-state index contributed by atoms with van der Waals surface area (Å²) in [5, 5.41) is 15.9. The molecule has 4 N–H and O–H groups in total. The molecule has 2 rings (SSSR count). The summed E-state index contributed by atoms with van der Waals surface area (Å²) in [5.74, 6) is -1.57. The molecular weight excluding hydrogens is 304 g/mol. The van der Waals surface area contributed by atoms with Crippen LogP contribution in [0, 0.1) is 10.1 Å². The summed E-state index contributed by atoms with van der Waals surface area (Å²) >= 11 is 0. The molecule has 1 saturated heterocycles. The van der Waals surface area contributed by atoms with Crippen LogP contribution >= 0.6 is 0 Å². The lowest BCUT2D eigenvalue weighted by Gasteiger charge is -2.18. The number of para-hydroxylation sites is 1. The monoisotopic (exact) mass is 320 g/mol. The molecule has 0 bridgehead atoms. The second kappa shape index (κ2) is 6.86. The summed E-state index contributed by atoms with van der Waals surface area (Å²) in [7, 11) is 0. The Morgan fingerprint density at radius 2 is 2.13 bits per heavy atom. The van der Waals surface area contributed by atoms with E-state index in [0.29, 0.717) is 6.42 Å². The number of benzene rings is 1. The Balaban J connectivity index is 2.11. The zero-order chi connectivity index (χ0) is 17.0. The fourth-order valence-corrected chi connectivity index (χ4v) is 2.39. The normalized spacial score (nSPS) is 18.1. The first-order chi connectivity index (χ1) is 10.9. The van der Waals surface area contributed by atoms with Crippen molar-refractivity contribution in [3.05, 3.63) is 39.9 Å². The average Bonchev–Trinajstić information content (AvgIpc) is 2.93.